The summed E-state index contributed by atoms with van der Waals surface area (Å²) in [6.45, 7) is 2.29. The van der Waals surface area contributed by atoms with E-state index in [1.54, 1.807) is 0 Å². The van der Waals surface area contributed by atoms with Crippen LogP contribution in [0.1, 0.15) is 43.4 Å². The molecule has 1 nitrogen and oxygen atoms in total. The van der Waals surface area contributed by atoms with Crippen molar-refractivity contribution in [3.63, 3.8) is 0 Å². The van der Waals surface area contributed by atoms with E-state index in [9.17, 15) is 0 Å². The van der Waals surface area contributed by atoms with Crippen molar-refractivity contribution in [3.8, 4) is 11.1 Å². The molecule has 2 aromatic carbocycles. The Kier molecular flexibility index (Phi) is 2.89. The molecule has 0 saturated heterocycles. The van der Waals surface area contributed by atoms with Gasteiger partial charge >= 0.3 is 0 Å². The maximum absolute atomic E-state index is 3.90. The summed E-state index contributed by atoms with van der Waals surface area (Å²) < 4.78 is 0. The topological polar surface area (TPSA) is 12.0 Å². The van der Waals surface area contributed by atoms with Gasteiger partial charge in [-0.25, -0.2) is 0 Å². The number of fused-ring (bicyclic) bond motifs is 3. The molecule has 2 unspecified atom stereocenters. The molecule has 2 aliphatic rings. The number of benzene rings is 2. The van der Waals surface area contributed by atoms with E-state index in [2.05, 4.69) is 60.8 Å². The lowest BCUT2D eigenvalue weighted by atomic mass is 10.1. The Bertz CT molecular complexity index is 586. The first-order chi connectivity index (χ1) is 9.88. The normalized spacial score (nSPS) is 23.4. The van der Waals surface area contributed by atoms with Crippen molar-refractivity contribution in [1.29, 1.82) is 0 Å². The Morgan fingerprint density at radius 3 is 2.15 bits per heavy atom. The standard InChI is InChI=1S/C19H21N/c1-2-7-13-12-18(13)20-19-16-10-5-3-8-14(16)15-9-4-6-11-17(15)19/h3-6,8-11,13,18-20H,2,7,12H2,1H3. The van der Waals surface area contributed by atoms with Crippen molar-refractivity contribution in [2.45, 2.75) is 38.3 Å². The van der Waals surface area contributed by atoms with Gasteiger partial charge in [-0.05, 0) is 41.0 Å². The van der Waals surface area contributed by atoms with Crippen LogP contribution in [0.25, 0.3) is 11.1 Å². The van der Waals surface area contributed by atoms with Crippen LogP contribution < -0.4 is 5.32 Å². The van der Waals surface area contributed by atoms with E-state index in [-0.39, 0.29) is 0 Å². The maximum Gasteiger partial charge on any atom is 0.0591 e. The predicted octanol–water partition coefficient (Wildman–Crippen LogP) is 4.53. The van der Waals surface area contributed by atoms with Crippen LogP contribution in [0.2, 0.25) is 0 Å². The van der Waals surface area contributed by atoms with Crippen LogP contribution in [0.4, 0.5) is 0 Å². The maximum atomic E-state index is 3.90. The van der Waals surface area contributed by atoms with Gasteiger partial charge in [0.15, 0.2) is 0 Å². The predicted molar refractivity (Wildman–Crippen MR) is 83.7 cm³/mol. The van der Waals surface area contributed by atoms with Gasteiger partial charge < -0.3 is 5.32 Å². The Morgan fingerprint density at radius 2 is 1.55 bits per heavy atom. The van der Waals surface area contributed by atoms with Crippen LogP contribution in [0.15, 0.2) is 48.5 Å². The smallest absolute Gasteiger partial charge is 0.0591 e. The van der Waals surface area contributed by atoms with Gasteiger partial charge in [-0.15, -0.1) is 0 Å². The zero-order valence-corrected chi connectivity index (χ0v) is 12.0. The molecule has 0 heterocycles. The Balaban J connectivity index is 1.66. The lowest BCUT2D eigenvalue weighted by molar-refractivity contribution is 0.557. The third-order valence-corrected chi connectivity index (χ3v) is 4.80. The molecular weight excluding hydrogens is 242 g/mol. The number of nitrogens with one attached hydrogen (secondary N) is 1. The second kappa shape index (κ2) is 4.75. The fourth-order valence-corrected chi connectivity index (χ4v) is 3.69. The van der Waals surface area contributed by atoms with Gasteiger partial charge in [0, 0.05) is 6.04 Å². The van der Waals surface area contributed by atoms with Gasteiger partial charge in [0.1, 0.15) is 0 Å². The highest BCUT2D eigenvalue weighted by Crippen LogP contribution is 2.45. The minimum absolute atomic E-state index is 0.397. The van der Waals surface area contributed by atoms with E-state index in [0.717, 1.165) is 12.0 Å². The van der Waals surface area contributed by atoms with E-state index >= 15 is 0 Å². The van der Waals surface area contributed by atoms with Crippen LogP contribution in [0.3, 0.4) is 0 Å². The fraction of sp³-hybridized carbons (Fsp3) is 0.368. The summed E-state index contributed by atoms with van der Waals surface area (Å²) in [4.78, 5) is 0. The van der Waals surface area contributed by atoms with Crippen molar-refractivity contribution >= 4 is 0 Å². The van der Waals surface area contributed by atoms with Crippen molar-refractivity contribution in [1.82, 2.24) is 5.32 Å². The second-order valence-electron chi connectivity index (χ2n) is 6.17. The van der Waals surface area contributed by atoms with Gasteiger partial charge in [-0.1, -0.05) is 61.9 Å². The summed E-state index contributed by atoms with van der Waals surface area (Å²) >= 11 is 0. The summed E-state index contributed by atoms with van der Waals surface area (Å²) in [5.74, 6) is 0.903. The minimum atomic E-state index is 0.397. The van der Waals surface area contributed by atoms with E-state index in [1.807, 2.05) is 0 Å². The van der Waals surface area contributed by atoms with Crippen LogP contribution in [0.5, 0.6) is 0 Å². The molecule has 2 atom stereocenters. The molecule has 2 aromatic rings. The zero-order valence-electron chi connectivity index (χ0n) is 12.0. The van der Waals surface area contributed by atoms with E-state index in [1.165, 1.54) is 41.5 Å². The highest BCUT2D eigenvalue weighted by atomic mass is 15.0. The lowest BCUT2D eigenvalue weighted by Gasteiger charge is -2.16. The Labute approximate surface area is 121 Å². The van der Waals surface area contributed by atoms with Crippen LogP contribution >= 0.6 is 0 Å². The van der Waals surface area contributed by atoms with E-state index in [0.29, 0.717) is 6.04 Å². The fourth-order valence-electron chi connectivity index (χ4n) is 3.69. The highest BCUT2D eigenvalue weighted by molar-refractivity contribution is 5.78. The van der Waals surface area contributed by atoms with Crippen molar-refractivity contribution in [2.75, 3.05) is 0 Å². The molecule has 0 aliphatic heterocycles. The summed E-state index contributed by atoms with van der Waals surface area (Å²) in [5.41, 5.74) is 5.73. The van der Waals surface area contributed by atoms with Crippen molar-refractivity contribution in [2.24, 2.45) is 5.92 Å². The summed E-state index contributed by atoms with van der Waals surface area (Å²) in [5, 5.41) is 3.90. The molecule has 0 radical (unpaired) electrons. The molecule has 1 N–H and O–H groups in total. The average Bonchev–Trinajstić information content (AvgIpc) is 3.15. The van der Waals surface area contributed by atoms with Crippen LogP contribution in [-0.2, 0) is 0 Å². The molecule has 1 heteroatoms. The SMILES string of the molecule is CCCC1CC1NC1c2ccccc2-c2ccccc21. The van der Waals surface area contributed by atoms with Gasteiger partial charge in [0.25, 0.3) is 0 Å². The molecule has 1 fully saturated rings. The molecule has 4 rings (SSSR count). The number of hydrogen-bond acceptors (Lipinski definition) is 1. The van der Waals surface area contributed by atoms with Gasteiger partial charge in [-0.2, -0.15) is 0 Å². The summed E-state index contributed by atoms with van der Waals surface area (Å²) in [7, 11) is 0. The number of rotatable bonds is 4. The minimum Gasteiger partial charge on any atom is -0.303 e. The molecule has 1 saturated carbocycles. The van der Waals surface area contributed by atoms with Gasteiger partial charge in [0.05, 0.1) is 6.04 Å². The third-order valence-electron chi connectivity index (χ3n) is 4.80. The van der Waals surface area contributed by atoms with E-state index in [4.69, 9.17) is 0 Å². The largest absolute Gasteiger partial charge is 0.303 e. The average molecular weight is 263 g/mol. The monoisotopic (exact) mass is 263 g/mol. The Morgan fingerprint density at radius 1 is 0.950 bits per heavy atom. The molecule has 0 amide bonds. The molecule has 20 heavy (non-hydrogen) atoms. The van der Waals surface area contributed by atoms with Crippen LogP contribution in [-0.4, -0.2) is 6.04 Å². The second-order valence-corrected chi connectivity index (χ2v) is 6.17. The molecular formula is C19H21N. The lowest BCUT2D eigenvalue weighted by Crippen LogP contribution is -2.24. The van der Waals surface area contributed by atoms with Gasteiger partial charge in [0.2, 0.25) is 0 Å². The van der Waals surface area contributed by atoms with E-state index < -0.39 is 0 Å². The van der Waals surface area contributed by atoms with Gasteiger partial charge in [-0.3, -0.25) is 0 Å². The molecule has 0 bridgehead atoms. The third kappa shape index (κ3) is 1.89. The molecule has 0 aromatic heterocycles. The first-order valence-corrected chi connectivity index (χ1v) is 7.82. The van der Waals surface area contributed by atoms with Crippen molar-refractivity contribution < 1.29 is 0 Å². The first-order valence-electron chi connectivity index (χ1n) is 7.82. The Hall–Kier alpha value is -1.60. The highest BCUT2D eigenvalue weighted by Gasteiger charge is 2.39. The molecule has 102 valence electrons. The molecule has 2 aliphatic carbocycles. The first kappa shape index (κ1) is 12.2. The number of hydrogen-bond donors (Lipinski definition) is 1. The summed E-state index contributed by atoms with van der Waals surface area (Å²) in [6, 6.07) is 18.8. The zero-order chi connectivity index (χ0) is 13.5. The van der Waals surface area contributed by atoms with Crippen LogP contribution in [0, 0.1) is 5.92 Å². The quantitative estimate of drug-likeness (QED) is 0.854. The summed E-state index contributed by atoms with van der Waals surface area (Å²) in [6.07, 6.45) is 4.03. The van der Waals surface area contributed by atoms with Crippen molar-refractivity contribution in [3.05, 3.63) is 59.7 Å². The molecule has 0 spiro atoms.